The zero-order valence-electron chi connectivity index (χ0n) is 21.9. The Morgan fingerprint density at radius 3 is 2.41 bits per heavy atom. The number of furan rings is 1. The lowest BCUT2D eigenvalue weighted by Gasteiger charge is -2.34. The van der Waals surface area contributed by atoms with Crippen molar-refractivity contribution in [1.82, 2.24) is 15.2 Å². The highest BCUT2D eigenvalue weighted by molar-refractivity contribution is 5.94. The van der Waals surface area contributed by atoms with E-state index in [1.807, 2.05) is 0 Å². The number of hydrogen-bond donors (Lipinski definition) is 1. The molecule has 39 heavy (non-hydrogen) atoms. The van der Waals surface area contributed by atoms with Crippen LogP contribution in [0.25, 0.3) is 22.2 Å². The number of fused-ring (bicyclic) bond motifs is 1. The quantitative estimate of drug-likeness (QED) is 0.370. The van der Waals surface area contributed by atoms with Crippen LogP contribution in [0, 0.1) is 0 Å². The Kier molecular flexibility index (Phi) is 7.50. The predicted molar refractivity (Wildman–Crippen MR) is 134 cm³/mol. The van der Waals surface area contributed by atoms with Crippen LogP contribution in [0.4, 0.5) is 22.4 Å². The molecule has 1 aromatic carbocycles. The molecule has 0 radical (unpaired) electrons. The van der Waals surface area contributed by atoms with Gasteiger partial charge in [0.25, 0.3) is 5.91 Å². The zero-order valence-corrected chi connectivity index (χ0v) is 21.9. The molecule has 2 amide bonds. The van der Waals surface area contributed by atoms with Gasteiger partial charge in [0.15, 0.2) is 11.3 Å². The minimum atomic E-state index is -4.99. The number of aromatic nitrogens is 1. The van der Waals surface area contributed by atoms with Crippen molar-refractivity contribution >= 4 is 23.0 Å². The number of likely N-dealkylation sites (tertiary alicyclic amines) is 1. The number of rotatable bonds is 5. The Morgan fingerprint density at radius 2 is 1.82 bits per heavy atom. The average Bonchev–Trinajstić information content (AvgIpc) is 3.24. The van der Waals surface area contributed by atoms with E-state index >= 15 is 0 Å². The second-order valence-corrected chi connectivity index (χ2v) is 10.6. The van der Waals surface area contributed by atoms with E-state index in [9.17, 15) is 27.2 Å². The Labute approximate surface area is 222 Å². The molecular formula is C27H29F4N3O5. The molecule has 1 fully saturated rings. The van der Waals surface area contributed by atoms with E-state index in [0.29, 0.717) is 11.3 Å². The molecule has 0 unspecified atom stereocenters. The summed E-state index contributed by atoms with van der Waals surface area (Å²) in [5.74, 6) is -0.694. The Bertz CT molecular complexity index is 1350. The summed E-state index contributed by atoms with van der Waals surface area (Å²) in [6, 6.07) is 7.22. The highest BCUT2D eigenvalue weighted by Gasteiger charge is 2.34. The van der Waals surface area contributed by atoms with Crippen LogP contribution in [0.1, 0.15) is 56.7 Å². The van der Waals surface area contributed by atoms with Crippen molar-refractivity contribution in [3.8, 4) is 17.0 Å². The molecule has 0 atom stereocenters. The standard InChI is InChI=1S/C27H29F4N3O5/c1-25(2,3)39-24(36)33-15-19-12-18-11-17(13-21(22(18)37-19)38-27(29,30)31)20-6-5-16(14-32-20)23(35)34-9-7-26(4,28)8-10-34/h5-6,11-14H,7-10,15H2,1-4H3,(H,33,36). The van der Waals surface area contributed by atoms with Gasteiger partial charge in [-0.1, -0.05) is 0 Å². The normalized spacial score (nSPS) is 15.7. The second-order valence-electron chi connectivity index (χ2n) is 10.6. The van der Waals surface area contributed by atoms with Crippen LogP contribution in [0.3, 0.4) is 0 Å². The van der Waals surface area contributed by atoms with Gasteiger partial charge in [-0.25, -0.2) is 9.18 Å². The van der Waals surface area contributed by atoms with Gasteiger partial charge in [0.2, 0.25) is 0 Å². The van der Waals surface area contributed by atoms with Crippen molar-refractivity contribution < 1.29 is 41.0 Å². The van der Waals surface area contributed by atoms with Crippen molar-refractivity contribution in [1.29, 1.82) is 0 Å². The average molecular weight is 552 g/mol. The maximum atomic E-state index is 14.1. The molecule has 0 spiro atoms. The molecule has 3 heterocycles. The smallest absolute Gasteiger partial charge is 0.455 e. The number of hydrogen-bond acceptors (Lipinski definition) is 6. The summed E-state index contributed by atoms with van der Waals surface area (Å²) < 4.78 is 68.5. The van der Waals surface area contributed by atoms with Gasteiger partial charge in [-0.3, -0.25) is 9.78 Å². The van der Waals surface area contributed by atoms with Crippen molar-refractivity contribution in [3.63, 3.8) is 0 Å². The molecule has 1 saturated heterocycles. The van der Waals surface area contributed by atoms with E-state index in [4.69, 9.17) is 9.15 Å². The van der Waals surface area contributed by atoms with Gasteiger partial charge >= 0.3 is 12.5 Å². The Hall–Kier alpha value is -3.83. The zero-order chi connectivity index (χ0) is 28.6. The van der Waals surface area contributed by atoms with Gasteiger partial charge in [-0.2, -0.15) is 0 Å². The van der Waals surface area contributed by atoms with Crippen molar-refractivity contribution in [3.05, 3.63) is 47.9 Å². The summed E-state index contributed by atoms with van der Waals surface area (Å²) in [5, 5.41) is 2.78. The highest BCUT2D eigenvalue weighted by atomic mass is 19.4. The lowest BCUT2D eigenvalue weighted by molar-refractivity contribution is -0.274. The first-order valence-electron chi connectivity index (χ1n) is 12.3. The molecular weight excluding hydrogens is 522 g/mol. The van der Waals surface area contributed by atoms with Gasteiger partial charge in [-0.05, 0) is 70.9 Å². The van der Waals surface area contributed by atoms with E-state index < -0.39 is 29.5 Å². The number of amides is 2. The van der Waals surface area contributed by atoms with Gasteiger partial charge in [-0.15, -0.1) is 13.2 Å². The van der Waals surface area contributed by atoms with Crippen molar-refractivity contribution in [2.24, 2.45) is 0 Å². The molecule has 8 nitrogen and oxygen atoms in total. The van der Waals surface area contributed by atoms with Crippen LogP contribution >= 0.6 is 0 Å². The Balaban J connectivity index is 1.57. The van der Waals surface area contributed by atoms with Crippen LogP contribution < -0.4 is 10.1 Å². The molecule has 1 N–H and O–H groups in total. The maximum absolute atomic E-state index is 14.1. The number of halogens is 4. The van der Waals surface area contributed by atoms with Gasteiger partial charge in [0, 0.05) is 30.2 Å². The third kappa shape index (κ3) is 7.39. The molecule has 1 aliphatic heterocycles. The first-order chi connectivity index (χ1) is 18.1. The van der Waals surface area contributed by atoms with E-state index in [1.165, 1.54) is 31.3 Å². The van der Waals surface area contributed by atoms with Crippen molar-refractivity contribution in [2.45, 2.75) is 64.7 Å². The van der Waals surface area contributed by atoms with Crippen molar-refractivity contribution in [2.75, 3.05) is 13.1 Å². The summed E-state index contributed by atoms with van der Waals surface area (Å²) in [6.45, 7) is 7.04. The van der Waals surface area contributed by atoms with Crippen LogP contribution in [0.15, 0.2) is 40.9 Å². The summed E-state index contributed by atoms with van der Waals surface area (Å²) in [6.07, 6.45) is -3.88. The fourth-order valence-electron chi connectivity index (χ4n) is 4.13. The lowest BCUT2D eigenvalue weighted by Crippen LogP contribution is -2.43. The third-order valence-corrected chi connectivity index (χ3v) is 6.06. The van der Waals surface area contributed by atoms with E-state index in [-0.39, 0.29) is 60.7 Å². The van der Waals surface area contributed by atoms with E-state index in [2.05, 4.69) is 15.0 Å². The number of nitrogens with one attached hydrogen (secondary N) is 1. The first kappa shape index (κ1) is 28.2. The summed E-state index contributed by atoms with van der Waals surface area (Å²) in [7, 11) is 0. The molecule has 0 aliphatic carbocycles. The topological polar surface area (TPSA) is 93.9 Å². The fourth-order valence-corrected chi connectivity index (χ4v) is 4.13. The van der Waals surface area contributed by atoms with E-state index in [1.54, 1.807) is 31.7 Å². The fraction of sp³-hybridized carbons (Fsp3) is 0.444. The van der Waals surface area contributed by atoms with Gasteiger partial charge in [0.05, 0.1) is 17.8 Å². The third-order valence-electron chi connectivity index (χ3n) is 6.06. The molecule has 3 aromatic rings. The first-order valence-corrected chi connectivity index (χ1v) is 12.3. The lowest BCUT2D eigenvalue weighted by atomic mass is 9.95. The van der Waals surface area contributed by atoms with Crippen LogP contribution in [0.5, 0.6) is 5.75 Å². The predicted octanol–water partition coefficient (Wildman–Crippen LogP) is 6.38. The van der Waals surface area contributed by atoms with Crippen LogP contribution in [0.2, 0.25) is 0 Å². The van der Waals surface area contributed by atoms with Crippen LogP contribution in [-0.2, 0) is 11.3 Å². The molecule has 0 bridgehead atoms. The monoisotopic (exact) mass is 551 g/mol. The number of piperidine rings is 1. The Morgan fingerprint density at radius 1 is 1.13 bits per heavy atom. The van der Waals surface area contributed by atoms with Gasteiger partial charge in [0.1, 0.15) is 17.0 Å². The SMILES string of the molecule is CC1(F)CCN(C(=O)c2ccc(-c3cc(OC(F)(F)F)c4oc(CNC(=O)OC(C)(C)C)cc4c3)nc2)CC1. The number of alkyl carbamates (subject to hydrolysis) is 1. The summed E-state index contributed by atoms with van der Waals surface area (Å²) in [5.41, 5.74) is -1.31. The number of pyridine rings is 1. The number of benzene rings is 1. The molecule has 12 heteroatoms. The second kappa shape index (κ2) is 10.4. The molecule has 1 aliphatic rings. The number of alkyl halides is 4. The number of ether oxygens (including phenoxy) is 2. The molecule has 210 valence electrons. The largest absolute Gasteiger partial charge is 0.573 e. The van der Waals surface area contributed by atoms with Crippen LogP contribution in [-0.4, -0.2) is 52.6 Å². The maximum Gasteiger partial charge on any atom is 0.573 e. The minimum Gasteiger partial charge on any atom is -0.455 e. The number of nitrogens with zero attached hydrogens (tertiary/aromatic N) is 2. The minimum absolute atomic E-state index is 0.127. The number of carbonyl (C=O) groups is 2. The highest BCUT2D eigenvalue weighted by Crippen LogP contribution is 2.37. The van der Waals surface area contributed by atoms with E-state index in [0.717, 1.165) is 6.07 Å². The van der Waals surface area contributed by atoms with Gasteiger partial charge < -0.3 is 24.1 Å². The number of carbonyl (C=O) groups excluding carboxylic acids is 2. The molecule has 4 rings (SSSR count). The molecule has 2 aromatic heterocycles. The summed E-state index contributed by atoms with van der Waals surface area (Å²) >= 11 is 0. The summed E-state index contributed by atoms with van der Waals surface area (Å²) in [4.78, 5) is 30.6. The molecule has 0 saturated carbocycles.